The molecule has 0 atom stereocenters. The van der Waals surface area contributed by atoms with Crippen LogP contribution in [0.3, 0.4) is 0 Å². The summed E-state index contributed by atoms with van der Waals surface area (Å²) in [6.45, 7) is 4.20. The molecule has 0 bridgehead atoms. The minimum absolute atomic E-state index is 0.646. The maximum atomic E-state index is 9.10. The van der Waals surface area contributed by atoms with Gasteiger partial charge in [-0.3, -0.25) is 0 Å². The number of benzene rings is 3. The first-order valence-electron chi connectivity index (χ1n) is 12.0. The van der Waals surface area contributed by atoms with E-state index >= 15 is 0 Å². The van der Waals surface area contributed by atoms with E-state index < -0.39 is 11.9 Å². The molecule has 0 aliphatic carbocycles. The van der Waals surface area contributed by atoms with Gasteiger partial charge >= 0.3 is 11.9 Å². The fraction of sp³-hybridized carbons (Fsp3) is 0.321. The number of nitrogens with zero attached hydrogens (tertiary/aromatic N) is 2. The summed E-state index contributed by atoms with van der Waals surface area (Å²) < 4.78 is 0. The van der Waals surface area contributed by atoms with E-state index in [2.05, 4.69) is 83.0 Å². The highest BCUT2D eigenvalue weighted by Crippen LogP contribution is 2.24. The number of hydrogen-bond acceptors (Lipinski definition) is 6. The summed E-state index contributed by atoms with van der Waals surface area (Å²) in [5.41, 5.74) is 3.10. The van der Waals surface area contributed by atoms with Crippen LogP contribution in [0.1, 0.15) is 36.8 Å². The Labute approximate surface area is 215 Å². The third-order valence-corrected chi connectivity index (χ3v) is 6.65. The molecule has 0 amide bonds. The Balaban J connectivity index is 0.000000538. The zero-order valence-electron chi connectivity index (χ0n) is 20.4. The molecule has 0 spiro atoms. The maximum Gasteiger partial charge on any atom is 0.414 e. The lowest BCUT2D eigenvalue weighted by Crippen LogP contribution is -2.31. The summed E-state index contributed by atoms with van der Waals surface area (Å²) in [5, 5.41) is 21.8. The van der Waals surface area contributed by atoms with Gasteiger partial charge < -0.3 is 20.0 Å². The van der Waals surface area contributed by atoms with Crippen LogP contribution in [0.2, 0.25) is 0 Å². The summed E-state index contributed by atoms with van der Waals surface area (Å²) in [6, 6.07) is 23.4. The van der Waals surface area contributed by atoms with Crippen molar-refractivity contribution in [2.45, 2.75) is 30.6 Å². The topological polar surface area (TPSA) is 99.4 Å². The number of hydrogen-bond donors (Lipinski definition) is 2. The van der Waals surface area contributed by atoms with E-state index in [1.807, 2.05) is 0 Å². The second-order valence-electron chi connectivity index (χ2n) is 8.39. The minimum atomic E-state index is -1.82. The number of likely N-dealkylation sites (tertiary alicyclic amines) is 1. The van der Waals surface area contributed by atoms with E-state index in [0.29, 0.717) is 6.61 Å². The Morgan fingerprint density at radius 1 is 0.917 bits per heavy atom. The number of oxime groups is 1. The second kappa shape index (κ2) is 14.3. The molecule has 1 heterocycles. The zero-order valence-corrected chi connectivity index (χ0v) is 21.2. The van der Waals surface area contributed by atoms with Crippen LogP contribution in [-0.4, -0.2) is 65.3 Å². The van der Waals surface area contributed by atoms with E-state index in [0.717, 1.165) is 29.8 Å². The van der Waals surface area contributed by atoms with Gasteiger partial charge in [-0.15, -0.1) is 11.8 Å². The first kappa shape index (κ1) is 27.2. The molecule has 8 heteroatoms. The smallest absolute Gasteiger partial charge is 0.414 e. The van der Waals surface area contributed by atoms with Crippen molar-refractivity contribution in [3.63, 3.8) is 0 Å². The van der Waals surface area contributed by atoms with E-state index in [1.165, 1.54) is 48.0 Å². The van der Waals surface area contributed by atoms with Crippen molar-refractivity contribution in [2.24, 2.45) is 5.16 Å². The largest absolute Gasteiger partial charge is 0.473 e. The zero-order chi connectivity index (χ0) is 25.8. The summed E-state index contributed by atoms with van der Waals surface area (Å²) in [4.78, 5) is 27.8. The second-order valence-corrected chi connectivity index (χ2v) is 9.27. The van der Waals surface area contributed by atoms with Crippen molar-refractivity contribution in [3.05, 3.63) is 77.9 Å². The number of rotatable bonds is 8. The van der Waals surface area contributed by atoms with Gasteiger partial charge in [0.25, 0.3) is 0 Å². The van der Waals surface area contributed by atoms with Gasteiger partial charge in [-0.2, -0.15) is 0 Å². The monoisotopic (exact) mass is 508 g/mol. The quantitative estimate of drug-likeness (QED) is 0.139. The first-order chi connectivity index (χ1) is 17.5. The van der Waals surface area contributed by atoms with Crippen molar-refractivity contribution in [1.29, 1.82) is 0 Å². The van der Waals surface area contributed by atoms with Crippen LogP contribution in [0.25, 0.3) is 10.8 Å². The summed E-state index contributed by atoms with van der Waals surface area (Å²) in [5.74, 6) is -3.65. The first-order valence-corrected chi connectivity index (χ1v) is 13.2. The van der Waals surface area contributed by atoms with Gasteiger partial charge in [0, 0.05) is 22.6 Å². The maximum absolute atomic E-state index is 9.10. The number of carboxylic acids is 2. The molecular weight excluding hydrogens is 476 g/mol. The number of fused-ring (bicyclic) bond motifs is 1. The van der Waals surface area contributed by atoms with Crippen molar-refractivity contribution in [2.75, 3.05) is 32.5 Å². The molecule has 3 aromatic rings. The van der Waals surface area contributed by atoms with Gasteiger partial charge in [0.2, 0.25) is 0 Å². The highest BCUT2D eigenvalue weighted by molar-refractivity contribution is 7.98. The van der Waals surface area contributed by atoms with Gasteiger partial charge in [0.1, 0.15) is 12.3 Å². The minimum Gasteiger partial charge on any atom is -0.473 e. The predicted octanol–water partition coefficient (Wildman–Crippen LogP) is 5.36. The van der Waals surface area contributed by atoms with Crippen molar-refractivity contribution in [3.8, 4) is 0 Å². The average molecular weight is 509 g/mol. The molecule has 4 rings (SSSR count). The number of carboxylic acid groups (broad SMARTS) is 2. The van der Waals surface area contributed by atoms with Crippen molar-refractivity contribution < 1.29 is 24.6 Å². The predicted molar refractivity (Wildman–Crippen MR) is 144 cm³/mol. The highest BCUT2D eigenvalue weighted by Gasteiger charge is 2.13. The summed E-state index contributed by atoms with van der Waals surface area (Å²) in [7, 11) is 0. The summed E-state index contributed by atoms with van der Waals surface area (Å²) in [6.07, 6.45) is 7.14. The van der Waals surface area contributed by atoms with Crippen molar-refractivity contribution in [1.82, 2.24) is 4.90 Å². The Hall–Kier alpha value is -3.36. The Bertz CT molecular complexity index is 1160. The number of aliphatic carboxylic acids is 2. The van der Waals surface area contributed by atoms with Crippen molar-refractivity contribution >= 4 is 40.2 Å². The molecule has 1 fully saturated rings. The molecule has 36 heavy (non-hydrogen) atoms. The normalized spacial score (nSPS) is 14.1. The molecular formula is C28H32N2O5S. The molecule has 1 saturated heterocycles. The molecule has 1 aliphatic rings. The molecule has 0 aromatic heterocycles. The molecule has 1 aliphatic heterocycles. The lowest BCUT2D eigenvalue weighted by atomic mass is 9.97. The van der Waals surface area contributed by atoms with Gasteiger partial charge in [-0.25, -0.2) is 9.59 Å². The van der Waals surface area contributed by atoms with E-state index in [4.69, 9.17) is 24.6 Å². The van der Waals surface area contributed by atoms with Crippen LogP contribution in [0.4, 0.5) is 0 Å². The fourth-order valence-corrected chi connectivity index (χ4v) is 4.49. The standard InChI is InChI=1S/C26H30N2OS.C2H2O4/c1-30-23-15-13-22(14-16-23)26(25-12-7-10-21-9-3-4-11-24(21)25)27-29-20-8-19-28-17-5-2-6-18-28;3-1(4)2(5)6/h3-4,7,9-16H,2,5-6,8,17-20H2,1H3;(H,3,4)(H,5,6). The van der Waals surface area contributed by atoms with Gasteiger partial charge in [-0.1, -0.05) is 66.2 Å². The van der Waals surface area contributed by atoms with Crippen LogP contribution in [0.15, 0.2) is 76.8 Å². The Morgan fingerprint density at radius 2 is 1.58 bits per heavy atom. The van der Waals surface area contributed by atoms with Gasteiger partial charge in [0.05, 0.1) is 0 Å². The molecule has 190 valence electrons. The van der Waals surface area contributed by atoms with Crippen LogP contribution < -0.4 is 0 Å². The lowest BCUT2D eigenvalue weighted by molar-refractivity contribution is -0.159. The summed E-state index contributed by atoms with van der Waals surface area (Å²) >= 11 is 1.75. The fourth-order valence-electron chi connectivity index (χ4n) is 4.08. The van der Waals surface area contributed by atoms with Crippen LogP contribution in [0.5, 0.6) is 0 Å². The number of thioether (sulfide) groups is 1. The highest BCUT2D eigenvalue weighted by atomic mass is 32.2. The lowest BCUT2D eigenvalue weighted by Gasteiger charge is -2.25. The molecule has 3 aromatic carbocycles. The number of carbonyl (C=O) groups is 2. The van der Waals surface area contributed by atoms with E-state index in [9.17, 15) is 0 Å². The molecule has 0 unspecified atom stereocenters. The Morgan fingerprint density at radius 3 is 2.25 bits per heavy atom. The van der Waals surface area contributed by atoms with Gasteiger partial charge in [-0.05, 0) is 61.5 Å². The Kier molecular flexibility index (Phi) is 10.8. The van der Waals surface area contributed by atoms with Crippen LogP contribution in [-0.2, 0) is 14.4 Å². The molecule has 0 saturated carbocycles. The molecule has 2 N–H and O–H groups in total. The average Bonchev–Trinajstić information content (AvgIpc) is 2.91. The number of piperidine rings is 1. The third kappa shape index (κ3) is 8.10. The van der Waals surface area contributed by atoms with Crippen LogP contribution >= 0.6 is 11.8 Å². The molecule has 0 radical (unpaired) electrons. The van der Waals surface area contributed by atoms with Gasteiger partial charge in [0.15, 0.2) is 0 Å². The third-order valence-electron chi connectivity index (χ3n) is 5.91. The van der Waals surface area contributed by atoms with E-state index in [1.54, 1.807) is 11.8 Å². The van der Waals surface area contributed by atoms with E-state index in [-0.39, 0.29) is 0 Å². The SMILES string of the molecule is CSc1ccc(C(=NOCCCN2CCCCC2)c2cccc3ccccc23)cc1.O=C(O)C(=O)O. The van der Waals surface area contributed by atoms with Crippen LogP contribution in [0, 0.1) is 0 Å². The molecule has 7 nitrogen and oxygen atoms in total.